The van der Waals surface area contributed by atoms with Crippen LogP contribution < -0.4 is 0 Å². The van der Waals surface area contributed by atoms with Crippen LogP contribution in [0.3, 0.4) is 0 Å². The number of hydrogen-bond donors (Lipinski definition) is 4. The molecule has 0 aromatic carbocycles. The van der Waals surface area contributed by atoms with E-state index < -0.39 is 49.9 Å². The standard InChI is InChI=1S/C18H12N3O6.C12H12F3N3O2P.Ru/c22-16(23)9-1-3-19-12(5-9)14-7-11(18(26)27)8-15(21-14)13-6-10(17(24)25)2-4-20-13;13-12(14,15)11(17)6-9(16)10-3-1-2-8(18-10)7-21-19-4-5-20-21;/h1-8,14H,(H,22,23)(H,24,25)(H,26,27);1-3,6,16-17H,4-5,7H2;/q2*-1;+2/p+1/b;9-6-,17-11?;. The molecule has 2 aliphatic heterocycles. The van der Waals surface area contributed by atoms with E-state index in [1.807, 2.05) is 0 Å². The number of carboxylic acids is 3. The van der Waals surface area contributed by atoms with Gasteiger partial charge in [0.25, 0.3) is 8.38 Å². The largest absolute Gasteiger partial charge is 2.00 e. The van der Waals surface area contributed by atoms with Crippen LogP contribution in [0.2, 0.25) is 0 Å². The molecule has 1 saturated heterocycles. The zero-order valence-corrected chi connectivity index (χ0v) is 27.5. The van der Waals surface area contributed by atoms with Crippen molar-refractivity contribution in [3.05, 3.63) is 124 Å². The molecule has 1 unspecified atom stereocenters. The summed E-state index contributed by atoms with van der Waals surface area (Å²) in [5.74, 6) is -3.52. The fourth-order valence-corrected chi connectivity index (χ4v) is 5.49. The third-order valence-electron chi connectivity index (χ3n) is 6.37. The van der Waals surface area contributed by atoms with Gasteiger partial charge >= 0.3 is 43.6 Å². The second-order valence-electron chi connectivity index (χ2n) is 9.77. The van der Waals surface area contributed by atoms with E-state index in [1.54, 1.807) is 12.1 Å². The summed E-state index contributed by atoms with van der Waals surface area (Å²) in [6, 6.07) is 9.08. The first-order valence-corrected chi connectivity index (χ1v) is 15.2. The van der Waals surface area contributed by atoms with Crippen LogP contribution in [0.1, 0.15) is 49.5 Å². The van der Waals surface area contributed by atoms with Crippen LogP contribution in [0.5, 0.6) is 0 Å². The van der Waals surface area contributed by atoms with Crippen LogP contribution in [0, 0.1) is 5.41 Å². The molecule has 0 radical (unpaired) electrons. The Bertz CT molecular complexity index is 1830. The number of aromatic carboxylic acids is 2. The van der Waals surface area contributed by atoms with Gasteiger partial charge in [-0.1, -0.05) is 24.3 Å². The van der Waals surface area contributed by atoms with Gasteiger partial charge in [0.05, 0.1) is 22.4 Å². The number of allylic oxidation sites excluding steroid dienone is 1. The zero-order valence-electron chi connectivity index (χ0n) is 24.8. The number of hydrogen-bond acceptors (Lipinski definition) is 9. The Morgan fingerprint density at radius 2 is 1.63 bits per heavy atom. The maximum atomic E-state index is 12.3. The molecule has 0 aliphatic carbocycles. The van der Waals surface area contributed by atoms with Crippen molar-refractivity contribution in [2.45, 2.75) is 18.4 Å². The van der Waals surface area contributed by atoms with E-state index in [1.165, 1.54) is 54.9 Å². The molecule has 0 spiro atoms. The van der Waals surface area contributed by atoms with Crippen molar-refractivity contribution in [2.24, 2.45) is 0 Å². The van der Waals surface area contributed by atoms with Crippen molar-refractivity contribution >= 4 is 43.4 Å². The molecule has 3 aromatic heterocycles. The number of carbonyl (C=O) groups is 3. The van der Waals surface area contributed by atoms with E-state index in [2.05, 4.69) is 20.3 Å². The first kappa shape index (κ1) is 38.6. The summed E-state index contributed by atoms with van der Waals surface area (Å²) < 4.78 is 47.5. The maximum absolute atomic E-state index is 12.3. The Morgan fingerprint density at radius 3 is 2.24 bits per heavy atom. The molecule has 2 aliphatic rings. The number of alkyl halides is 3. The molecule has 49 heavy (non-hydrogen) atoms. The third-order valence-corrected chi connectivity index (χ3v) is 8.07. The summed E-state index contributed by atoms with van der Waals surface area (Å²) >= 11 is 0. The number of nitrogens with zero attached hydrogens (tertiary/aromatic N) is 4. The topological polar surface area (TPSA) is 231 Å². The summed E-state index contributed by atoms with van der Waals surface area (Å²) in [6.07, 6.45) is 1.33. The Morgan fingerprint density at radius 1 is 1.00 bits per heavy atom. The average Bonchev–Trinajstić information content (AvgIpc) is 3.57. The molecule has 0 bridgehead atoms. The number of halogens is 3. The number of rotatable bonds is 9. The number of carboxylic acid groups (broad SMARTS) is 3. The van der Waals surface area contributed by atoms with Gasteiger partial charge in [-0.3, -0.25) is 20.4 Å². The summed E-state index contributed by atoms with van der Waals surface area (Å²) in [5, 5.41) is 38.8. The fourth-order valence-electron chi connectivity index (χ4n) is 4.09. The Hall–Kier alpha value is -4.89. The fraction of sp³-hybridized carbons (Fsp3) is 0.167. The predicted molar refractivity (Wildman–Crippen MR) is 166 cm³/mol. The number of nitrogens with one attached hydrogen (secondary N) is 2. The summed E-state index contributed by atoms with van der Waals surface area (Å²) in [4.78, 5) is 46.0. The quantitative estimate of drug-likeness (QED) is 0.112. The predicted octanol–water partition coefficient (Wildman–Crippen LogP) is 6.00. The van der Waals surface area contributed by atoms with Gasteiger partial charge in [0.1, 0.15) is 18.9 Å². The second kappa shape index (κ2) is 17.0. The van der Waals surface area contributed by atoms with E-state index in [0.717, 1.165) is 0 Å². The molecule has 5 N–H and O–H groups in total. The van der Waals surface area contributed by atoms with Gasteiger partial charge < -0.3 is 26.4 Å². The summed E-state index contributed by atoms with van der Waals surface area (Å²) in [7, 11) is -1.42. The molecule has 5 rings (SSSR count). The zero-order chi connectivity index (χ0) is 35.0. The molecular formula is C30H25F3N6O8PRu+. The van der Waals surface area contributed by atoms with Crippen molar-refractivity contribution < 1.29 is 71.4 Å². The van der Waals surface area contributed by atoms with Gasteiger partial charge in [0.2, 0.25) is 0 Å². The Kier molecular flexibility index (Phi) is 13.4. The number of pyridine rings is 3. The van der Waals surface area contributed by atoms with E-state index in [9.17, 15) is 32.7 Å². The number of aromatic nitrogens is 3. The molecule has 3 aromatic rings. The minimum Gasteiger partial charge on any atom is -0.697 e. The van der Waals surface area contributed by atoms with Gasteiger partial charge in [0, 0.05) is 29.5 Å². The molecular weight excluding hydrogens is 761 g/mol. The van der Waals surface area contributed by atoms with Crippen molar-refractivity contribution in [2.75, 3.05) is 13.2 Å². The van der Waals surface area contributed by atoms with Crippen LogP contribution in [0.4, 0.5) is 13.2 Å². The molecule has 14 nitrogen and oxygen atoms in total. The Labute approximate surface area is 289 Å². The van der Waals surface area contributed by atoms with Gasteiger partial charge in [-0.05, 0) is 42.5 Å². The van der Waals surface area contributed by atoms with E-state index >= 15 is 0 Å². The van der Waals surface area contributed by atoms with Crippen molar-refractivity contribution in [3.8, 4) is 0 Å². The third kappa shape index (κ3) is 10.8. The average molecular weight is 787 g/mol. The number of aliphatic carboxylic acids is 1. The summed E-state index contributed by atoms with van der Waals surface area (Å²) in [6.45, 7) is 1.08. The van der Waals surface area contributed by atoms with Crippen molar-refractivity contribution in [1.29, 1.82) is 5.41 Å². The van der Waals surface area contributed by atoms with Crippen LogP contribution in [0.15, 0.2) is 78.7 Å². The Balaban J connectivity index is 0.000000268. The van der Waals surface area contributed by atoms with Crippen LogP contribution in [-0.4, -0.2) is 73.3 Å². The van der Waals surface area contributed by atoms with Gasteiger partial charge in [-0.15, -0.1) is 11.4 Å². The molecule has 0 saturated carbocycles. The van der Waals surface area contributed by atoms with E-state index in [0.29, 0.717) is 31.1 Å². The second-order valence-corrected chi connectivity index (χ2v) is 11.4. The first-order valence-electron chi connectivity index (χ1n) is 13.6. The molecule has 19 heteroatoms. The van der Waals surface area contributed by atoms with Crippen molar-refractivity contribution in [3.63, 3.8) is 0 Å². The minimum atomic E-state index is -4.76. The summed E-state index contributed by atoms with van der Waals surface area (Å²) in [5.41, 5.74) is 6.72. The van der Waals surface area contributed by atoms with Crippen LogP contribution >= 0.6 is 8.38 Å². The smallest absolute Gasteiger partial charge is 0.697 e. The SMILES string of the molecule is N=C(/C=C(\[NH-])c1cccc(C[PH+]2OCCO2)n1)C(F)(F)F.O=C(O)C1=CC(c2cc(C(=O)O)ccn2)[N-]C(c2cc(C(=O)O)ccn2)=C1.[Ru+2]. The van der Waals surface area contributed by atoms with Gasteiger partial charge in [-0.25, -0.2) is 23.4 Å². The molecule has 1 fully saturated rings. The first-order chi connectivity index (χ1) is 22.7. The van der Waals surface area contributed by atoms with E-state index in [4.69, 9.17) is 30.4 Å². The van der Waals surface area contributed by atoms with Crippen molar-refractivity contribution in [1.82, 2.24) is 15.0 Å². The normalized spacial score (nSPS) is 16.1. The monoisotopic (exact) mass is 787 g/mol. The van der Waals surface area contributed by atoms with E-state index in [-0.39, 0.29) is 59.0 Å². The molecule has 5 heterocycles. The molecule has 0 amide bonds. The van der Waals surface area contributed by atoms with Gasteiger partial charge in [-0.2, -0.15) is 13.2 Å². The molecule has 1 atom stereocenters. The van der Waals surface area contributed by atoms with Crippen LogP contribution in [-0.2, 0) is 39.5 Å². The minimum absolute atomic E-state index is 0. The molecule has 256 valence electrons. The maximum Gasteiger partial charge on any atom is 2.00 e. The van der Waals surface area contributed by atoms with Crippen LogP contribution in [0.25, 0.3) is 22.4 Å². The van der Waals surface area contributed by atoms with Gasteiger partial charge in [0.15, 0.2) is 6.16 Å².